The number of nitrogens with zero attached hydrogens (tertiary/aromatic N) is 1. The zero-order valence-corrected chi connectivity index (χ0v) is 11.3. The Kier molecular flexibility index (Phi) is 4.49. The number of furan rings is 1. The number of rotatable bonds is 4. The van der Waals surface area contributed by atoms with Crippen molar-refractivity contribution >= 4 is 23.6 Å². The fourth-order valence-corrected chi connectivity index (χ4v) is 2.54. The number of hydrogen-bond acceptors (Lipinski definition) is 5. The Bertz CT molecular complexity index is 472. The average Bonchev–Trinajstić information content (AvgIpc) is 2.85. The highest BCUT2D eigenvalue weighted by molar-refractivity contribution is 7.99. The molecule has 1 aromatic heterocycles. The maximum Gasteiger partial charge on any atom is 0.371 e. The third kappa shape index (κ3) is 3.74. The summed E-state index contributed by atoms with van der Waals surface area (Å²) < 4.78 is 10.4. The van der Waals surface area contributed by atoms with E-state index in [2.05, 4.69) is 0 Å². The zero-order valence-electron chi connectivity index (χ0n) is 10.5. The van der Waals surface area contributed by atoms with Gasteiger partial charge in [0.1, 0.15) is 0 Å². The molecule has 6 nitrogen and oxygen atoms in total. The maximum atomic E-state index is 11.9. The fraction of sp³-hybridized carbons (Fsp3) is 0.500. The average molecular weight is 285 g/mol. The van der Waals surface area contributed by atoms with Gasteiger partial charge in [-0.05, 0) is 19.1 Å². The van der Waals surface area contributed by atoms with Gasteiger partial charge in [0, 0.05) is 13.1 Å². The van der Waals surface area contributed by atoms with Crippen molar-refractivity contribution in [2.24, 2.45) is 0 Å². The summed E-state index contributed by atoms with van der Waals surface area (Å²) in [5.74, 6) is -0.984. The second-order valence-electron chi connectivity index (χ2n) is 4.23. The minimum absolute atomic E-state index is 0.00780. The topological polar surface area (TPSA) is 80.0 Å². The van der Waals surface area contributed by atoms with Crippen LogP contribution in [0.15, 0.2) is 21.6 Å². The summed E-state index contributed by atoms with van der Waals surface area (Å²) in [5.41, 5.74) is 0. The van der Waals surface area contributed by atoms with Gasteiger partial charge in [-0.3, -0.25) is 4.79 Å². The number of carbonyl (C=O) groups is 2. The van der Waals surface area contributed by atoms with E-state index in [1.165, 1.54) is 17.8 Å². The van der Waals surface area contributed by atoms with Gasteiger partial charge in [0.2, 0.25) is 11.7 Å². The lowest BCUT2D eigenvalue weighted by atomic mass is 10.3. The summed E-state index contributed by atoms with van der Waals surface area (Å²) in [5, 5.41) is 9.15. The lowest BCUT2D eigenvalue weighted by Crippen LogP contribution is -2.45. The molecule has 1 unspecified atom stereocenters. The van der Waals surface area contributed by atoms with E-state index < -0.39 is 5.97 Å². The van der Waals surface area contributed by atoms with E-state index in [1.54, 1.807) is 11.0 Å². The van der Waals surface area contributed by atoms with Gasteiger partial charge in [0.05, 0.1) is 18.5 Å². The highest BCUT2D eigenvalue weighted by Crippen LogP contribution is 2.21. The number of morpholine rings is 1. The number of hydrogen-bond donors (Lipinski definition) is 1. The van der Waals surface area contributed by atoms with Crippen LogP contribution in [-0.2, 0) is 9.53 Å². The van der Waals surface area contributed by atoms with Crippen LogP contribution >= 0.6 is 11.8 Å². The molecule has 2 rings (SSSR count). The van der Waals surface area contributed by atoms with Crippen molar-refractivity contribution in [1.29, 1.82) is 0 Å². The van der Waals surface area contributed by atoms with Gasteiger partial charge in [-0.15, -0.1) is 0 Å². The van der Waals surface area contributed by atoms with E-state index in [4.69, 9.17) is 14.3 Å². The van der Waals surface area contributed by atoms with Crippen LogP contribution in [0.5, 0.6) is 0 Å². The first-order chi connectivity index (χ1) is 9.06. The van der Waals surface area contributed by atoms with Crippen molar-refractivity contribution in [3.05, 3.63) is 17.9 Å². The minimum atomic E-state index is -1.11. The van der Waals surface area contributed by atoms with Gasteiger partial charge in [0.15, 0.2) is 5.09 Å². The molecule has 2 heterocycles. The van der Waals surface area contributed by atoms with Gasteiger partial charge in [-0.2, -0.15) is 0 Å². The summed E-state index contributed by atoms with van der Waals surface area (Å²) in [6.45, 7) is 3.68. The fourth-order valence-electron chi connectivity index (χ4n) is 1.78. The Morgan fingerprint density at radius 2 is 2.32 bits per heavy atom. The molecule has 0 aromatic carbocycles. The van der Waals surface area contributed by atoms with Crippen LogP contribution in [0.2, 0.25) is 0 Å². The molecule has 1 aliphatic rings. The molecule has 1 amide bonds. The van der Waals surface area contributed by atoms with Crippen LogP contribution in [0.1, 0.15) is 17.5 Å². The predicted octanol–water partition coefficient (Wildman–Crippen LogP) is 1.32. The molecule has 1 aliphatic heterocycles. The number of ether oxygens (including phenoxy) is 1. The summed E-state index contributed by atoms with van der Waals surface area (Å²) in [6, 6.07) is 2.94. The monoisotopic (exact) mass is 285 g/mol. The lowest BCUT2D eigenvalue weighted by Gasteiger charge is -2.31. The maximum absolute atomic E-state index is 11.9. The van der Waals surface area contributed by atoms with Crippen LogP contribution in [0, 0.1) is 0 Å². The van der Waals surface area contributed by atoms with Crippen molar-refractivity contribution < 1.29 is 23.8 Å². The minimum Gasteiger partial charge on any atom is -0.475 e. The van der Waals surface area contributed by atoms with Gasteiger partial charge in [0.25, 0.3) is 0 Å². The Balaban J connectivity index is 1.84. The summed E-state index contributed by atoms with van der Waals surface area (Å²) >= 11 is 1.20. The third-order valence-corrected chi connectivity index (χ3v) is 3.62. The molecule has 1 fully saturated rings. The first-order valence-electron chi connectivity index (χ1n) is 5.91. The van der Waals surface area contributed by atoms with Crippen LogP contribution in [-0.4, -0.2) is 53.4 Å². The molecule has 1 atom stereocenters. The molecule has 0 saturated carbocycles. The molecule has 0 bridgehead atoms. The Morgan fingerprint density at radius 1 is 1.53 bits per heavy atom. The van der Waals surface area contributed by atoms with Gasteiger partial charge in [-0.1, -0.05) is 11.8 Å². The van der Waals surface area contributed by atoms with Crippen LogP contribution in [0.4, 0.5) is 0 Å². The zero-order chi connectivity index (χ0) is 13.8. The van der Waals surface area contributed by atoms with E-state index in [0.717, 1.165) is 0 Å². The van der Waals surface area contributed by atoms with Crippen molar-refractivity contribution in [3.8, 4) is 0 Å². The van der Waals surface area contributed by atoms with Gasteiger partial charge in [-0.25, -0.2) is 4.79 Å². The van der Waals surface area contributed by atoms with E-state index in [1.807, 2.05) is 6.92 Å². The molecule has 0 spiro atoms. The Morgan fingerprint density at radius 3 is 2.95 bits per heavy atom. The van der Waals surface area contributed by atoms with Crippen molar-refractivity contribution in [2.75, 3.05) is 25.4 Å². The second-order valence-corrected chi connectivity index (χ2v) is 5.21. The normalized spacial score (nSPS) is 19.4. The largest absolute Gasteiger partial charge is 0.475 e. The number of carboxylic acid groups (broad SMARTS) is 1. The molecular formula is C12H15NO5S. The van der Waals surface area contributed by atoms with Crippen molar-refractivity contribution in [1.82, 2.24) is 4.90 Å². The number of amides is 1. The molecule has 1 aromatic rings. The SMILES string of the molecule is CC1CN(C(=O)CSc2ccc(C(=O)O)o2)CCO1. The number of aromatic carboxylic acids is 1. The first-order valence-corrected chi connectivity index (χ1v) is 6.90. The number of carboxylic acids is 1. The van der Waals surface area contributed by atoms with E-state index in [0.29, 0.717) is 24.8 Å². The quantitative estimate of drug-likeness (QED) is 0.840. The molecule has 0 aliphatic carbocycles. The molecule has 1 saturated heterocycles. The molecule has 1 N–H and O–H groups in total. The van der Waals surface area contributed by atoms with Crippen LogP contribution in [0.3, 0.4) is 0 Å². The second kappa shape index (κ2) is 6.12. The van der Waals surface area contributed by atoms with E-state index >= 15 is 0 Å². The third-order valence-electron chi connectivity index (χ3n) is 2.72. The number of carbonyl (C=O) groups excluding carboxylic acids is 1. The smallest absolute Gasteiger partial charge is 0.371 e. The number of thioether (sulfide) groups is 1. The van der Waals surface area contributed by atoms with E-state index in [-0.39, 0.29) is 23.5 Å². The highest BCUT2D eigenvalue weighted by atomic mass is 32.2. The van der Waals surface area contributed by atoms with Crippen molar-refractivity contribution in [2.45, 2.75) is 18.1 Å². The molecule has 104 valence electrons. The lowest BCUT2D eigenvalue weighted by molar-refractivity contribution is -0.135. The van der Waals surface area contributed by atoms with Crippen LogP contribution < -0.4 is 0 Å². The van der Waals surface area contributed by atoms with Crippen molar-refractivity contribution in [3.63, 3.8) is 0 Å². The highest BCUT2D eigenvalue weighted by Gasteiger charge is 2.21. The Hall–Kier alpha value is -1.47. The first kappa shape index (κ1) is 14.0. The van der Waals surface area contributed by atoms with Crippen LogP contribution in [0.25, 0.3) is 0 Å². The Labute approximate surface area is 114 Å². The van der Waals surface area contributed by atoms with E-state index in [9.17, 15) is 9.59 Å². The molecule has 19 heavy (non-hydrogen) atoms. The molecule has 7 heteroatoms. The predicted molar refractivity (Wildman–Crippen MR) is 68.4 cm³/mol. The molecule has 0 radical (unpaired) electrons. The van der Waals surface area contributed by atoms with Gasteiger partial charge >= 0.3 is 5.97 Å². The summed E-state index contributed by atoms with van der Waals surface area (Å²) in [7, 11) is 0. The molecular weight excluding hydrogens is 270 g/mol. The standard InChI is InChI=1S/C12H15NO5S/c1-8-6-13(4-5-17-8)10(14)7-19-11-3-2-9(18-11)12(15)16/h2-3,8H,4-7H2,1H3,(H,15,16). The summed E-state index contributed by atoms with van der Waals surface area (Å²) in [4.78, 5) is 24.3. The summed E-state index contributed by atoms with van der Waals surface area (Å²) in [6.07, 6.45) is 0.0601. The van der Waals surface area contributed by atoms with Gasteiger partial charge < -0.3 is 19.2 Å².